The van der Waals surface area contributed by atoms with Gasteiger partial charge in [0.05, 0.1) is 14.2 Å². The molecule has 0 aliphatic rings. The van der Waals surface area contributed by atoms with Gasteiger partial charge in [0, 0.05) is 11.6 Å². The zero-order chi connectivity index (χ0) is 15.8. The Morgan fingerprint density at radius 2 is 1.86 bits per heavy atom. The van der Waals surface area contributed by atoms with Crippen molar-refractivity contribution >= 4 is 11.9 Å². The Hall–Kier alpha value is -2.08. The molecule has 0 aliphatic carbocycles. The molecular formula is C15H24N3O3+. The van der Waals surface area contributed by atoms with Crippen LogP contribution >= 0.6 is 0 Å². The van der Waals surface area contributed by atoms with Gasteiger partial charge in [0.2, 0.25) is 0 Å². The fourth-order valence-corrected chi connectivity index (χ4v) is 1.90. The minimum Gasteiger partial charge on any atom is -0.497 e. The van der Waals surface area contributed by atoms with E-state index in [1.165, 1.54) is 0 Å². The van der Waals surface area contributed by atoms with Crippen LogP contribution in [0, 0.1) is 0 Å². The molecule has 0 bridgehead atoms. The van der Waals surface area contributed by atoms with E-state index >= 15 is 0 Å². The Bertz CT molecular complexity index is 472. The number of nitrogens with one attached hydrogen (secondary N) is 3. The highest BCUT2D eigenvalue weighted by Gasteiger charge is 2.13. The van der Waals surface area contributed by atoms with E-state index in [-0.39, 0.29) is 18.5 Å². The van der Waals surface area contributed by atoms with Gasteiger partial charge in [-0.2, -0.15) is 0 Å². The lowest BCUT2D eigenvalue weighted by atomic mass is 10.2. The molecule has 1 atom stereocenters. The minimum absolute atomic E-state index is 0.00201. The van der Waals surface area contributed by atoms with Gasteiger partial charge in [-0.25, -0.2) is 4.79 Å². The van der Waals surface area contributed by atoms with E-state index in [9.17, 15) is 9.59 Å². The van der Waals surface area contributed by atoms with Gasteiger partial charge in [0.1, 0.15) is 12.3 Å². The standard InChI is InChI=1S/C15H23N3O3/c1-11(2)16-15(20)17-14(19)10-18(3)9-12-5-7-13(21-4)8-6-12/h5-8,11H,9-10H2,1-4H3,(H2,16,17,19,20)/p+1. The number of hydrogen-bond donors (Lipinski definition) is 3. The first-order valence-electron chi connectivity index (χ1n) is 6.95. The van der Waals surface area contributed by atoms with Crippen molar-refractivity contribution in [1.29, 1.82) is 0 Å². The van der Waals surface area contributed by atoms with E-state index in [1.54, 1.807) is 7.11 Å². The Balaban J connectivity index is 2.39. The van der Waals surface area contributed by atoms with Crippen molar-refractivity contribution in [2.75, 3.05) is 20.7 Å². The Kier molecular flexibility index (Phi) is 6.68. The second-order valence-electron chi connectivity index (χ2n) is 5.34. The fraction of sp³-hybridized carbons (Fsp3) is 0.467. The SMILES string of the molecule is COc1ccc(C[NH+](C)CC(=O)NC(=O)NC(C)C)cc1. The molecule has 116 valence electrons. The van der Waals surface area contributed by atoms with E-state index in [2.05, 4.69) is 10.6 Å². The number of imide groups is 1. The summed E-state index contributed by atoms with van der Waals surface area (Å²) in [4.78, 5) is 24.1. The van der Waals surface area contributed by atoms with Crippen LogP contribution in [0.25, 0.3) is 0 Å². The highest BCUT2D eigenvalue weighted by Crippen LogP contribution is 2.10. The van der Waals surface area contributed by atoms with Crippen molar-refractivity contribution in [3.8, 4) is 5.75 Å². The second kappa shape index (κ2) is 8.26. The van der Waals surface area contributed by atoms with Crippen LogP contribution in [0.3, 0.4) is 0 Å². The normalized spacial score (nSPS) is 11.9. The van der Waals surface area contributed by atoms with Crippen molar-refractivity contribution in [2.45, 2.75) is 26.4 Å². The molecule has 21 heavy (non-hydrogen) atoms. The summed E-state index contributed by atoms with van der Waals surface area (Å²) in [7, 11) is 3.53. The Morgan fingerprint density at radius 3 is 2.38 bits per heavy atom. The van der Waals surface area contributed by atoms with Crippen molar-refractivity contribution < 1.29 is 19.2 Å². The van der Waals surface area contributed by atoms with E-state index in [4.69, 9.17) is 4.74 Å². The van der Waals surface area contributed by atoms with Crippen LogP contribution in [0.4, 0.5) is 4.79 Å². The molecule has 0 aromatic heterocycles. The molecule has 6 heteroatoms. The van der Waals surface area contributed by atoms with E-state index in [0.717, 1.165) is 16.2 Å². The van der Waals surface area contributed by atoms with E-state index in [1.807, 2.05) is 45.2 Å². The summed E-state index contributed by atoms with van der Waals surface area (Å²) >= 11 is 0. The van der Waals surface area contributed by atoms with Gasteiger partial charge in [-0.1, -0.05) is 0 Å². The number of quaternary nitrogens is 1. The summed E-state index contributed by atoms with van der Waals surface area (Å²) in [6, 6.07) is 7.25. The summed E-state index contributed by atoms with van der Waals surface area (Å²) in [5.41, 5.74) is 1.10. The van der Waals surface area contributed by atoms with E-state index < -0.39 is 6.03 Å². The van der Waals surface area contributed by atoms with Crippen LogP contribution in [-0.4, -0.2) is 38.7 Å². The number of urea groups is 1. The molecule has 0 spiro atoms. The molecular weight excluding hydrogens is 270 g/mol. The van der Waals surface area contributed by atoms with Gasteiger partial charge in [-0.3, -0.25) is 10.1 Å². The van der Waals surface area contributed by atoms with Gasteiger partial charge in [0.25, 0.3) is 5.91 Å². The zero-order valence-corrected chi connectivity index (χ0v) is 13.0. The number of benzene rings is 1. The van der Waals surface area contributed by atoms with Crippen LogP contribution in [-0.2, 0) is 11.3 Å². The predicted octanol–water partition coefficient (Wildman–Crippen LogP) is -0.0559. The van der Waals surface area contributed by atoms with Crippen molar-refractivity contribution in [3.63, 3.8) is 0 Å². The lowest BCUT2D eigenvalue weighted by Crippen LogP contribution is -3.09. The van der Waals surface area contributed by atoms with Gasteiger partial charge in [0.15, 0.2) is 6.54 Å². The van der Waals surface area contributed by atoms with Crippen molar-refractivity contribution in [3.05, 3.63) is 29.8 Å². The van der Waals surface area contributed by atoms with Crippen LogP contribution in [0.2, 0.25) is 0 Å². The second-order valence-corrected chi connectivity index (χ2v) is 5.34. The Labute approximate surface area is 125 Å². The largest absolute Gasteiger partial charge is 0.497 e. The molecule has 1 unspecified atom stereocenters. The molecule has 1 aromatic carbocycles. The number of carbonyl (C=O) groups excluding carboxylic acids is 2. The molecule has 0 saturated carbocycles. The van der Waals surface area contributed by atoms with Gasteiger partial charge in [-0.15, -0.1) is 0 Å². The molecule has 0 aliphatic heterocycles. The maximum atomic E-state index is 11.7. The number of amides is 3. The molecule has 1 rings (SSSR count). The quantitative estimate of drug-likeness (QED) is 0.688. The first kappa shape index (κ1) is 17.0. The van der Waals surface area contributed by atoms with Crippen molar-refractivity contribution in [2.24, 2.45) is 0 Å². The summed E-state index contributed by atoms with van der Waals surface area (Å²) in [5, 5.41) is 4.93. The monoisotopic (exact) mass is 294 g/mol. The molecule has 3 N–H and O–H groups in total. The van der Waals surface area contributed by atoms with Crippen LogP contribution in [0.1, 0.15) is 19.4 Å². The highest BCUT2D eigenvalue weighted by atomic mass is 16.5. The smallest absolute Gasteiger partial charge is 0.321 e. The summed E-state index contributed by atoms with van der Waals surface area (Å²) in [5.74, 6) is 0.513. The third-order valence-electron chi connectivity index (χ3n) is 2.80. The summed E-state index contributed by atoms with van der Waals surface area (Å²) in [6.45, 7) is 4.61. The average molecular weight is 294 g/mol. The van der Waals surface area contributed by atoms with Crippen LogP contribution in [0.15, 0.2) is 24.3 Å². The minimum atomic E-state index is -0.452. The number of methoxy groups -OCH3 is 1. The molecule has 0 saturated heterocycles. The zero-order valence-electron chi connectivity index (χ0n) is 13.0. The average Bonchev–Trinajstić information content (AvgIpc) is 2.37. The highest BCUT2D eigenvalue weighted by molar-refractivity contribution is 5.94. The number of rotatable bonds is 6. The van der Waals surface area contributed by atoms with E-state index in [0.29, 0.717) is 6.54 Å². The van der Waals surface area contributed by atoms with Gasteiger partial charge in [-0.05, 0) is 38.1 Å². The van der Waals surface area contributed by atoms with Crippen LogP contribution in [0.5, 0.6) is 5.75 Å². The first-order chi connectivity index (χ1) is 9.90. The topological polar surface area (TPSA) is 71.9 Å². The van der Waals surface area contributed by atoms with Gasteiger partial charge >= 0.3 is 6.03 Å². The number of likely N-dealkylation sites (N-methyl/N-ethyl adjacent to an activating group) is 1. The fourth-order valence-electron chi connectivity index (χ4n) is 1.90. The molecule has 3 amide bonds. The summed E-state index contributed by atoms with van der Waals surface area (Å²) < 4.78 is 5.10. The summed E-state index contributed by atoms with van der Waals surface area (Å²) in [6.07, 6.45) is 0. The number of carbonyl (C=O) groups is 2. The van der Waals surface area contributed by atoms with Crippen molar-refractivity contribution in [1.82, 2.24) is 10.6 Å². The maximum absolute atomic E-state index is 11.7. The maximum Gasteiger partial charge on any atom is 0.321 e. The van der Waals surface area contributed by atoms with Crippen LogP contribution < -0.4 is 20.3 Å². The molecule has 6 nitrogen and oxygen atoms in total. The Morgan fingerprint density at radius 1 is 1.24 bits per heavy atom. The molecule has 0 fully saturated rings. The molecule has 0 heterocycles. The number of hydrogen-bond acceptors (Lipinski definition) is 3. The van der Waals surface area contributed by atoms with Gasteiger partial charge < -0.3 is 15.0 Å². The lowest BCUT2D eigenvalue weighted by molar-refractivity contribution is -0.885. The third-order valence-corrected chi connectivity index (χ3v) is 2.80. The molecule has 1 aromatic rings. The predicted molar refractivity (Wildman–Crippen MR) is 80.3 cm³/mol. The lowest BCUT2D eigenvalue weighted by Gasteiger charge is -2.14. The first-order valence-corrected chi connectivity index (χ1v) is 6.95. The molecule has 0 radical (unpaired) electrons. The third kappa shape index (κ3) is 6.76. The number of ether oxygens (including phenoxy) is 1.